The number of likely N-dealkylation sites (tertiary alicyclic amines) is 1. The van der Waals surface area contributed by atoms with Crippen LogP contribution in [-0.4, -0.2) is 42.4 Å². The van der Waals surface area contributed by atoms with Gasteiger partial charge in [-0.1, -0.05) is 6.08 Å². The van der Waals surface area contributed by atoms with Crippen molar-refractivity contribution in [3.05, 3.63) is 12.7 Å². The molecule has 0 aromatic heterocycles. The van der Waals surface area contributed by atoms with Gasteiger partial charge in [0.15, 0.2) is 0 Å². The fourth-order valence-electron chi connectivity index (χ4n) is 1.56. The van der Waals surface area contributed by atoms with Crippen LogP contribution in [0, 0.1) is 0 Å². The van der Waals surface area contributed by atoms with E-state index in [-0.39, 0.29) is 12.2 Å². The molecule has 1 amide bonds. The van der Waals surface area contributed by atoms with Gasteiger partial charge in [0.25, 0.3) is 0 Å². The summed E-state index contributed by atoms with van der Waals surface area (Å²) in [4.78, 5) is 13.4. The van der Waals surface area contributed by atoms with Crippen molar-refractivity contribution in [3.8, 4) is 0 Å². The normalized spacial score (nSPS) is 20.9. The van der Waals surface area contributed by atoms with Crippen LogP contribution in [0.5, 0.6) is 0 Å². The van der Waals surface area contributed by atoms with Crippen molar-refractivity contribution < 1.29 is 14.3 Å². The number of hydrogen-bond acceptors (Lipinski definition) is 3. The predicted octanol–water partition coefficient (Wildman–Crippen LogP) is 2.20. The largest absolute Gasteiger partial charge is 0.444 e. The third-order valence-corrected chi connectivity index (χ3v) is 2.25. The van der Waals surface area contributed by atoms with E-state index in [1.54, 1.807) is 11.0 Å². The summed E-state index contributed by atoms with van der Waals surface area (Å²) in [6, 6.07) is 0. The lowest BCUT2D eigenvalue weighted by atomic mass is 10.2. The quantitative estimate of drug-likeness (QED) is 0.694. The monoisotopic (exact) mass is 227 g/mol. The van der Waals surface area contributed by atoms with E-state index in [0.29, 0.717) is 19.7 Å². The Hall–Kier alpha value is -1.03. The lowest BCUT2D eigenvalue weighted by molar-refractivity contribution is 0.0235. The minimum absolute atomic E-state index is 0.116. The Labute approximate surface area is 97.2 Å². The number of ether oxygens (including phenoxy) is 2. The molecule has 92 valence electrons. The summed E-state index contributed by atoms with van der Waals surface area (Å²) >= 11 is 0. The summed E-state index contributed by atoms with van der Waals surface area (Å²) in [6.07, 6.45) is 2.45. The first-order chi connectivity index (χ1) is 7.42. The van der Waals surface area contributed by atoms with E-state index in [1.807, 2.05) is 20.8 Å². The van der Waals surface area contributed by atoms with Crippen LogP contribution in [0.3, 0.4) is 0 Å². The highest BCUT2D eigenvalue weighted by molar-refractivity contribution is 5.68. The van der Waals surface area contributed by atoms with Crippen LogP contribution in [0.4, 0.5) is 4.79 Å². The maximum absolute atomic E-state index is 11.7. The highest BCUT2D eigenvalue weighted by Gasteiger charge is 2.29. The van der Waals surface area contributed by atoms with Gasteiger partial charge in [0, 0.05) is 6.54 Å². The van der Waals surface area contributed by atoms with Gasteiger partial charge in [-0.25, -0.2) is 4.79 Å². The van der Waals surface area contributed by atoms with Gasteiger partial charge in [0.2, 0.25) is 0 Å². The molecule has 0 unspecified atom stereocenters. The van der Waals surface area contributed by atoms with E-state index in [2.05, 4.69) is 6.58 Å². The van der Waals surface area contributed by atoms with Crippen molar-refractivity contribution in [2.24, 2.45) is 0 Å². The average molecular weight is 227 g/mol. The summed E-state index contributed by atoms with van der Waals surface area (Å²) in [5, 5.41) is 0. The Balaban J connectivity index is 2.35. The van der Waals surface area contributed by atoms with E-state index in [0.717, 1.165) is 6.42 Å². The molecule has 0 aromatic carbocycles. The fraction of sp³-hybridized carbons (Fsp3) is 0.750. The zero-order valence-corrected chi connectivity index (χ0v) is 10.4. The van der Waals surface area contributed by atoms with Crippen LogP contribution >= 0.6 is 0 Å². The summed E-state index contributed by atoms with van der Waals surface area (Å²) in [5.74, 6) is 0. The molecule has 0 N–H and O–H groups in total. The summed E-state index contributed by atoms with van der Waals surface area (Å²) < 4.78 is 10.8. The van der Waals surface area contributed by atoms with Crippen LogP contribution in [0.2, 0.25) is 0 Å². The molecule has 1 aliphatic rings. The zero-order valence-electron chi connectivity index (χ0n) is 10.4. The van der Waals surface area contributed by atoms with Crippen molar-refractivity contribution in [1.82, 2.24) is 4.90 Å². The van der Waals surface area contributed by atoms with Gasteiger partial charge in [-0.3, -0.25) is 0 Å². The molecule has 1 aliphatic heterocycles. The lowest BCUT2D eigenvalue weighted by Gasteiger charge is -2.24. The van der Waals surface area contributed by atoms with E-state index < -0.39 is 5.60 Å². The number of carbonyl (C=O) groups excluding carboxylic acids is 1. The summed E-state index contributed by atoms with van der Waals surface area (Å²) in [6.45, 7) is 11.1. The SMILES string of the molecule is C=CCO[C@@H]1CCN(C(=O)OC(C)(C)C)C1. The van der Waals surface area contributed by atoms with Crippen molar-refractivity contribution in [1.29, 1.82) is 0 Å². The van der Waals surface area contributed by atoms with E-state index >= 15 is 0 Å². The lowest BCUT2D eigenvalue weighted by Crippen LogP contribution is -2.36. The van der Waals surface area contributed by atoms with Gasteiger partial charge in [-0.2, -0.15) is 0 Å². The van der Waals surface area contributed by atoms with Gasteiger partial charge in [-0.05, 0) is 27.2 Å². The summed E-state index contributed by atoms with van der Waals surface area (Å²) in [7, 11) is 0. The summed E-state index contributed by atoms with van der Waals surface area (Å²) in [5.41, 5.74) is -0.433. The molecule has 0 aliphatic carbocycles. The van der Waals surface area contributed by atoms with Crippen LogP contribution in [-0.2, 0) is 9.47 Å². The van der Waals surface area contributed by atoms with E-state index in [4.69, 9.17) is 9.47 Å². The number of nitrogens with zero attached hydrogens (tertiary/aromatic N) is 1. The number of rotatable bonds is 3. The Morgan fingerprint density at radius 1 is 1.56 bits per heavy atom. The molecule has 4 nitrogen and oxygen atoms in total. The molecule has 1 fully saturated rings. The van der Waals surface area contributed by atoms with E-state index in [1.165, 1.54) is 0 Å². The van der Waals surface area contributed by atoms with Crippen LogP contribution in [0.25, 0.3) is 0 Å². The maximum atomic E-state index is 11.7. The standard InChI is InChI=1S/C12H21NO3/c1-5-8-15-10-6-7-13(9-10)11(14)16-12(2,3)4/h5,10H,1,6-9H2,2-4H3/t10-/m1/s1. The molecule has 1 rings (SSSR count). The van der Waals surface area contributed by atoms with E-state index in [9.17, 15) is 4.79 Å². The van der Waals surface area contributed by atoms with Crippen molar-refractivity contribution >= 4 is 6.09 Å². The average Bonchev–Trinajstić information content (AvgIpc) is 2.60. The molecule has 16 heavy (non-hydrogen) atoms. The van der Waals surface area contributed by atoms with Gasteiger partial charge >= 0.3 is 6.09 Å². The second-order valence-corrected chi connectivity index (χ2v) is 4.96. The predicted molar refractivity (Wildman–Crippen MR) is 62.4 cm³/mol. The minimum atomic E-state index is -0.433. The Kier molecular flexibility index (Phi) is 4.35. The van der Waals surface area contributed by atoms with Gasteiger partial charge in [0.05, 0.1) is 19.3 Å². The number of amides is 1. The van der Waals surface area contributed by atoms with Crippen LogP contribution in [0.15, 0.2) is 12.7 Å². The van der Waals surface area contributed by atoms with Gasteiger partial charge in [-0.15, -0.1) is 6.58 Å². The highest BCUT2D eigenvalue weighted by Crippen LogP contribution is 2.16. The molecule has 4 heteroatoms. The van der Waals surface area contributed by atoms with Crippen molar-refractivity contribution in [2.45, 2.75) is 38.9 Å². The molecule has 0 bridgehead atoms. The Bertz CT molecular complexity index is 257. The molecule has 1 atom stereocenters. The first-order valence-electron chi connectivity index (χ1n) is 5.63. The van der Waals surface area contributed by atoms with Crippen molar-refractivity contribution in [3.63, 3.8) is 0 Å². The smallest absolute Gasteiger partial charge is 0.410 e. The third-order valence-electron chi connectivity index (χ3n) is 2.25. The molecular weight excluding hydrogens is 206 g/mol. The molecular formula is C12H21NO3. The third kappa shape index (κ3) is 4.23. The second kappa shape index (κ2) is 5.34. The van der Waals surface area contributed by atoms with Crippen LogP contribution in [0.1, 0.15) is 27.2 Å². The minimum Gasteiger partial charge on any atom is -0.444 e. The highest BCUT2D eigenvalue weighted by atomic mass is 16.6. The Morgan fingerprint density at radius 3 is 2.81 bits per heavy atom. The molecule has 0 saturated carbocycles. The maximum Gasteiger partial charge on any atom is 0.410 e. The molecule has 1 heterocycles. The first kappa shape index (κ1) is 13.0. The van der Waals surface area contributed by atoms with Crippen molar-refractivity contribution in [2.75, 3.05) is 19.7 Å². The number of carbonyl (C=O) groups is 1. The van der Waals surface area contributed by atoms with Crippen LogP contribution < -0.4 is 0 Å². The Morgan fingerprint density at radius 2 is 2.25 bits per heavy atom. The fourth-order valence-corrected chi connectivity index (χ4v) is 1.56. The van der Waals surface area contributed by atoms with Gasteiger partial charge < -0.3 is 14.4 Å². The molecule has 1 saturated heterocycles. The molecule has 0 spiro atoms. The topological polar surface area (TPSA) is 38.8 Å². The second-order valence-electron chi connectivity index (χ2n) is 4.96. The van der Waals surface area contributed by atoms with Gasteiger partial charge in [0.1, 0.15) is 5.60 Å². The molecule has 0 aromatic rings. The molecule has 0 radical (unpaired) electrons. The number of hydrogen-bond donors (Lipinski definition) is 0. The first-order valence-corrected chi connectivity index (χ1v) is 5.63. The zero-order chi connectivity index (χ0) is 12.2.